The van der Waals surface area contributed by atoms with Gasteiger partial charge in [0.05, 0.1) is 17.4 Å². The van der Waals surface area contributed by atoms with Crippen LogP contribution in [0.25, 0.3) is 0 Å². The Morgan fingerprint density at radius 1 is 1.61 bits per heavy atom. The van der Waals surface area contributed by atoms with Gasteiger partial charge in [0, 0.05) is 19.1 Å². The molecule has 3 N–H and O–H groups in total. The van der Waals surface area contributed by atoms with Gasteiger partial charge in [-0.25, -0.2) is 4.98 Å². The van der Waals surface area contributed by atoms with E-state index in [-0.39, 0.29) is 0 Å². The van der Waals surface area contributed by atoms with Crippen LogP contribution in [0.3, 0.4) is 0 Å². The minimum Gasteiger partial charge on any atom is -0.397 e. The van der Waals surface area contributed by atoms with Crippen molar-refractivity contribution >= 4 is 11.5 Å². The Labute approximate surface area is 108 Å². The standard InChI is InChI=1S/C13H19N5/c1-2-18(12-3-4-12)6-5-16-13-10(8-14)7-11(15)9-17-13/h7,9,12H,2-6,15H2,1H3,(H,16,17). The lowest BCUT2D eigenvalue weighted by molar-refractivity contribution is 0.289. The monoisotopic (exact) mass is 245 g/mol. The number of nitrogens with zero attached hydrogens (tertiary/aromatic N) is 3. The van der Waals surface area contributed by atoms with E-state index in [2.05, 4.69) is 28.2 Å². The van der Waals surface area contributed by atoms with E-state index in [9.17, 15) is 0 Å². The molecule has 0 bridgehead atoms. The molecule has 1 heterocycles. The van der Waals surface area contributed by atoms with E-state index in [4.69, 9.17) is 11.0 Å². The van der Waals surface area contributed by atoms with E-state index in [0.29, 0.717) is 17.1 Å². The number of hydrogen-bond donors (Lipinski definition) is 2. The van der Waals surface area contributed by atoms with Crippen LogP contribution >= 0.6 is 0 Å². The average Bonchev–Trinajstić information content (AvgIpc) is 3.20. The summed E-state index contributed by atoms with van der Waals surface area (Å²) in [6, 6.07) is 4.52. The lowest BCUT2D eigenvalue weighted by atomic mass is 10.2. The molecule has 1 aromatic heterocycles. The molecule has 1 fully saturated rings. The fraction of sp³-hybridized carbons (Fsp3) is 0.538. The number of aromatic nitrogens is 1. The third-order valence-corrected chi connectivity index (χ3v) is 3.19. The summed E-state index contributed by atoms with van der Waals surface area (Å²) in [6.45, 7) is 5.04. The highest BCUT2D eigenvalue weighted by Gasteiger charge is 2.27. The van der Waals surface area contributed by atoms with Gasteiger partial charge in [0.1, 0.15) is 11.9 Å². The second-order valence-electron chi connectivity index (χ2n) is 4.56. The van der Waals surface area contributed by atoms with Gasteiger partial charge in [0.2, 0.25) is 0 Å². The Morgan fingerprint density at radius 3 is 3.00 bits per heavy atom. The first-order valence-corrected chi connectivity index (χ1v) is 6.38. The zero-order valence-corrected chi connectivity index (χ0v) is 10.7. The molecule has 1 aromatic rings. The number of hydrogen-bond acceptors (Lipinski definition) is 5. The molecule has 2 rings (SSSR count). The molecule has 1 saturated carbocycles. The van der Waals surface area contributed by atoms with Crippen molar-refractivity contribution < 1.29 is 0 Å². The first-order chi connectivity index (χ1) is 8.74. The number of rotatable bonds is 6. The summed E-state index contributed by atoms with van der Waals surface area (Å²) in [7, 11) is 0. The van der Waals surface area contributed by atoms with E-state index in [1.807, 2.05) is 0 Å². The molecule has 0 saturated heterocycles. The highest BCUT2D eigenvalue weighted by atomic mass is 15.2. The lowest BCUT2D eigenvalue weighted by Crippen LogP contribution is -2.31. The van der Waals surface area contributed by atoms with Gasteiger partial charge in [-0.1, -0.05) is 6.92 Å². The number of nitrogen functional groups attached to an aromatic ring is 1. The fourth-order valence-corrected chi connectivity index (χ4v) is 2.06. The summed E-state index contributed by atoms with van der Waals surface area (Å²) in [5.74, 6) is 0.624. The normalized spacial score (nSPS) is 14.5. The Kier molecular flexibility index (Phi) is 4.00. The van der Waals surface area contributed by atoms with E-state index in [1.165, 1.54) is 12.8 Å². The molecule has 5 heteroatoms. The zero-order chi connectivity index (χ0) is 13.0. The average molecular weight is 245 g/mol. The smallest absolute Gasteiger partial charge is 0.144 e. The van der Waals surface area contributed by atoms with Crippen LogP contribution in [0.15, 0.2) is 12.3 Å². The molecule has 0 spiro atoms. The predicted octanol–water partition coefficient (Wildman–Crippen LogP) is 1.43. The minimum atomic E-state index is 0.504. The predicted molar refractivity (Wildman–Crippen MR) is 72.1 cm³/mol. The molecule has 96 valence electrons. The van der Waals surface area contributed by atoms with Crippen LogP contribution < -0.4 is 11.1 Å². The largest absolute Gasteiger partial charge is 0.397 e. The maximum absolute atomic E-state index is 9.00. The summed E-state index contributed by atoms with van der Waals surface area (Å²) in [5, 5.41) is 12.2. The van der Waals surface area contributed by atoms with Gasteiger partial charge >= 0.3 is 0 Å². The van der Waals surface area contributed by atoms with Crippen molar-refractivity contribution in [3.05, 3.63) is 17.8 Å². The van der Waals surface area contributed by atoms with Gasteiger partial charge in [-0.05, 0) is 25.5 Å². The number of likely N-dealkylation sites (N-methyl/N-ethyl adjacent to an activating group) is 1. The fourth-order valence-electron chi connectivity index (χ4n) is 2.06. The summed E-state index contributed by atoms with van der Waals surface area (Å²) in [5.41, 5.74) is 6.62. The van der Waals surface area contributed by atoms with Gasteiger partial charge in [0.15, 0.2) is 0 Å². The molecular formula is C13H19N5. The molecule has 0 atom stereocenters. The van der Waals surface area contributed by atoms with Crippen LogP contribution in [0.5, 0.6) is 0 Å². The van der Waals surface area contributed by atoms with Gasteiger partial charge in [-0.15, -0.1) is 0 Å². The quantitative estimate of drug-likeness (QED) is 0.792. The highest BCUT2D eigenvalue weighted by Crippen LogP contribution is 2.26. The minimum absolute atomic E-state index is 0.504. The van der Waals surface area contributed by atoms with Crippen LogP contribution in [0.1, 0.15) is 25.3 Å². The molecule has 0 unspecified atom stereocenters. The Hall–Kier alpha value is -1.80. The molecule has 0 radical (unpaired) electrons. The van der Waals surface area contributed by atoms with Crippen molar-refractivity contribution in [2.45, 2.75) is 25.8 Å². The van der Waals surface area contributed by atoms with Crippen LogP contribution in [0.4, 0.5) is 11.5 Å². The maximum atomic E-state index is 9.00. The Bertz CT molecular complexity index is 447. The van der Waals surface area contributed by atoms with Crippen LogP contribution in [-0.2, 0) is 0 Å². The first kappa shape index (κ1) is 12.7. The van der Waals surface area contributed by atoms with Crippen LogP contribution in [0.2, 0.25) is 0 Å². The zero-order valence-electron chi connectivity index (χ0n) is 10.7. The molecule has 0 aliphatic heterocycles. The second kappa shape index (κ2) is 5.69. The van der Waals surface area contributed by atoms with E-state index < -0.39 is 0 Å². The summed E-state index contributed by atoms with van der Waals surface area (Å²) < 4.78 is 0. The summed E-state index contributed by atoms with van der Waals surface area (Å²) in [4.78, 5) is 6.61. The number of nitrogens with one attached hydrogen (secondary N) is 1. The molecule has 0 aromatic carbocycles. The third kappa shape index (κ3) is 3.11. The number of nitriles is 1. The molecule has 18 heavy (non-hydrogen) atoms. The van der Waals surface area contributed by atoms with Crippen molar-refractivity contribution in [2.24, 2.45) is 0 Å². The van der Waals surface area contributed by atoms with Gasteiger partial charge in [-0.3, -0.25) is 4.90 Å². The van der Waals surface area contributed by atoms with Crippen molar-refractivity contribution in [1.29, 1.82) is 5.26 Å². The van der Waals surface area contributed by atoms with Crippen LogP contribution in [-0.4, -0.2) is 35.6 Å². The molecule has 5 nitrogen and oxygen atoms in total. The molecular weight excluding hydrogens is 226 g/mol. The molecule has 0 amide bonds. The lowest BCUT2D eigenvalue weighted by Gasteiger charge is -2.20. The first-order valence-electron chi connectivity index (χ1n) is 6.38. The number of anilines is 2. The number of nitrogens with two attached hydrogens (primary N) is 1. The van der Waals surface area contributed by atoms with Crippen molar-refractivity contribution in [3.63, 3.8) is 0 Å². The van der Waals surface area contributed by atoms with E-state index in [1.54, 1.807) is 12.3 Å². The summed E-state index contributed by atoms with van der Waals surface area (Å²) in [6.07, 6.45) is 4.20. The third-order valence-electron chi connectivity index (χ3n) is 3.19. The van der Waals surface area contributed by atoms with E-state index >= 15 is 0 Å². The van der Waals surface area contributed by atoms with Gasteiger partial charge < -0.3 is 11.1 Å². The van der Waals surface area contributed by atoms with E-state index in [0.717, 1.165) is 25.7 Å². The van der Waals surface area contributed by atoms with Crippen molar-refractivity contribution in [1.82, 2.24) is 9.88 Å². The van der Waals surface area contributed by atoms with Crippen LogP contribution in [0, 0.1) is 11.3 Å². The molecule has 1 aliphatic rings. The van der Waals surface area contributed by atoms with Crippen molar-refractivity contribution in [2.75, 3.05) is 30.7 Å². The van der Waals surface area contributed by atoms with Gasteiger partial charge in [0.25, 0.3) is 0 Å². The Balaban J connectivity index is 1.88. The van der Waals surface area contributed by atoms with Crippen molar-refractivity contribution in [3.8, 4) is 6.07 Å². The number of pyridine rings is 1. The highest BCUT2D eigenvalue weighted by molar-refractivity contribution is 5.57. The second-order valence-corrected chi connectivity index (χ2v) is 4.56. The molecule has 1 aliphatic carbocycles. The van der Waals surface area contributed by atoms with Gasteiger partial charge in [-0.2, -0.15) is 5.26 Å². The topological polar surface area (TPSA) is 78.0 Å². The maximum Gasteiger partial charge on any atom is 0.144 e. The SMILES string of the molecule is CCN(CCNc1ncc(N)cc1C#N)C1CC1. The Morgan fingerprint density at radius 2 is 2.39 bits per heavy atom. The summed E-state index contributed by atoms with van der Waals surface area (Å²) >= 11 is 0.